The van der Waals surface area contributed by atoms with Gasteiger partial charge in [-0.05, 0) is 44.4 Å². The number of nitrogens with one attached hydrogen (secondary N) is 2. The monoisotopic (exact) mass is 412 g/mol. The molecule has 0 saturated heterocycles. The van der Waals surface area contributed by atoms with Gasteiger partial charge in [-0.3, -0.25) is 4.79 Å². The van der Waals surface area contributed by atoms with E-state index in [4.69, 9.17) is 21.1 Å². The van der Waals surface area contributed by atoms with Crippen LogP contribution in [0.3, 0.4) is 0 Å². The van der Waals surface area contributed by atoms with Gasteiger partial charge in [0.1, 0.15) is 17.7 Å². The molecule has 8 heteroatoms. The fourth-order valence-corrected chi connectivity index (χ4v) is 2.55. The van der Waals surface area contributed by atoms with E-state index in [-0.39, 0.29) is 12.3 Å². The highest BCUT2D eigenvalue weighted by Crippen LogP contribution is 2.13. The van der Waals surface area contributed by atoms with Crippen LogP contribution in [0.25, 0.3) is 0 Å². The van der Waals surface area contributed by atoms with Crippen LogP contribution in [0.5, 0.6) is 0 Å². The summed E-state index contributed by atoms with van der Waals surface area (Å²) in [5.41, 5.74) is 0.117. The van der Waals surface area contributed by atoms with E-state index in [9.17, 15) is 14.4 Å². The Morgan fingerprint density at radius 1 is 1.07 bits per heavy atom. The number of benzene rings is 1. The first-order valence-electron chi connectivity index (χ1n) is 9.05. The van der Waals surface area contributed by atoms with E-state index in [2.05, 4.69) is 10.6 Å². The molecule has 0 aliphatic carbocycles. The summed E-state index contributed by atoms with van der Waals surface area (Å²) in [6, 6.07) is 5.17. The molecule has 0 saturated carbocycles. The molecule has 0 aliphatic rings. The van der Waals surface area contributed by atoms with Crippen molar-refractivity contribution in [1.82, 2.24) is 10.6 Å². The fraction of sp³-hybridized carbons (Fsp3) is 0.550. The molecule has 156 valence electrons. The summed E-state index contributed by atoms with van der Waals surface area (Å²) < 4.78 is 10.0. The highest BCUT2D eigenvalue weighted by atomic mass is 35.5. The van der Waals surface area contributed by atoms with Gasteiger partial charge in [0.05, 0.1) is 7.11 Å². The van der Waals surface area contributed by atoms with Crippen molar-refractivity contribution in [1.29, 1.82) is 0 Å². The molecule has 2 amide bonds. The summed E-state index contributed by atoms with van der Waals surface area (Å²) in [4.78, 5) is 37.0. The van der Waals surface area contributed by atoms with Crippen LogP contribution in [-0.4, -0.2) is 42.8 Å². The number of carbonyl (C=O) groups excluding carboxylic acids is 3. The lowest BCUT2D eigenvalue weighted by Crippen LogP contribution is -2.55. The second-order valence-electron chi connectivity index (χ2n) is 7.78. The Hall–Kier alpha value is -2.28. The number of rotatable bonds is 7. The number of methoxy groups -OCH3 is 1. The van der Waals surface area contributed by atoms with Gasteiger partial charge in [-0.1, -0.05) is 37.6 Å². The van der Waals surface area contributed by atoms with Gasteiger partial charge in [0.25, 0.3) is 0 Å². The summed E-state index contributed by atoms with van der Waals surface area (Å²) in [5, 5.41) is 5.80. The summed E-state index contributed by atoms with van der Waals surface area (Å²) >= 11 is 5.88. The Bertz CT molecular complexity index is 683. The van der Waals surface area contributed by atoms with Gasteiger partial charge in [-0.2, -0.15) is 0 Å². The summed E-state index contributed by atoms with van der Waals surface area (Å²) in [6.07, 6.45) is -0.471. The standard InChI is InChI=1S/C20H29ClN2O5/c1-12(2)16(23-19(26)28-20(3,4)5)17(24)22-15(18(25)27-6)11-13-7-9-14(21)10-8-13/h7-10,12,15-16H,11H2,1-6H3,(H,22,24)(H,23,26)/t15-,16+/m1/s1. The Morgan fingerprint density at radius 3 is 2.11 bits per heavy atom. The fourth-order valence-electron chi connectivity index (χ4n) is 2.42. The van der Waals surface area contributed by atoms with Crippen LogP contribution in [0.1, 0.15) is 40.2 Å². The molecule has 0 heterocycles. The lowest BCUT2D eigenvalue weighted by atomic mass is 10.0. The first-order chi connectivity index (χ1) is 12.9. The maximum Gasteiger partial charge on any atom is 0.408 e. The van der Waals surface area contributed by atoms with E-state index >= 15 is 0 Å². The predicted molar refractivity (Wildman–Crippen MR) is 107 cm³/mol. The van der Waals surface area contributed by atoms with Gasteiger partial charge < -0.3 is 20.1 Å². The van der Waals surface area contributed by atoms with E-state index in [0.717, 1.165) is 5.56 Å². The minimum atomic E-state index is -0.902. The first-order valence-corrected chi connectivity index (χ1v) is 9.43. The number of amides is 2. The normalized spacial score (nSPS) is 13.4. The number of carbonyl (C=O) groups is 3. The lowest BCUT2D eigenvalue weighted by Gasteiger charge is -2.26. The molecule has 1 rings (SSSR count). The van der Waals surface area contributed by atoms with Gasteiger partial charge in [-0.25, -0.2) is 9.59 Å². The molecule has 1 aromatic carbocycles. The van der Waals surface area contributed by atoms with Crippen LogP contribution < -0.4 is 10.6 Å². The SMILES string of the molecule is COC(=O)[C@@H](Cc1ccc(Cl)cc1)NC(=O)[C@@H](NC(=O)OC(C)(C)C)C(C)C. The Labute approximate surface area is 171 Å². The predicted octanol–water partition coefficient (Wildman–Crippen LogP) is 3.09. The third kappa shape index (κ3) is 8.17. The summed E-state index contributed by atoms with van der Waals surface area (Å²) in [7, 11) is 1.25. The number of hydrogen-bond donors (Lipinski definition) is 2. The number of esters is 1. The number of ether oxygens (including phenoxy) is 2. The van der Waals surface area contributed by atoms with Crippen LogP contribution in [0.15, 0.2) is 24.3 Å². The van der Waals surface area contributed by atoms with Crippen molar-refractivity contribution in [3.63, 3.8) is 0 Å². The van der Waals surface area contributed by atoms with Gasteiger partial charge in [0.2, 0.25) is 5.91 Å². The van der Waals surface area contributed by atoms with Gasteiger partial charge in [-0.15, -0.1) is 0 Å². The van der Waals surface area contributed by atoms with Gasteiger partial charge in [0, 0.05) is 11.4 Å². The molecule has 28 heavy (non-hydrogen) atoms. The minimum Gasteiger partial charge on any atom is -0.467 e. The van der Waals surface area contributed by atoms with Crippen LogP contribution in [0.4, 0.5) is 4.79 Å². The van der Waals surface area contributed by atoms with E-state index in [1.54, 1.807) is 58.9 Å². The Kier molecular flexibility index (Phi) is 8.75. The van der Waals surface area contributed by atoms with E-state index < -0.39 is 35.7 Å². The molecule has 0 fully saturated rings. The van der Waals surface area contributed by atoms with E-state index in [0.29, 0.717) is 5.02 Å². The molecule has 7 nitrogen and oxygen atoms in total. The average Bonchev–Trinajstić information content (AvgIpc) is 2.58. The smallest absolute Gasteiger partial charge is 0.408 e. The van der Waals surface area contributed by atoms with Gasteiger partial charge in [0.15, 0.2) is 0 Å². The van der Waals surface area contributed by atoms with Crippen molar-refractivity contribution in [2.45, 2.75) is 58.7 Å². The molecule has 2 atom stereocenters. The van der Waals surface area contributed by atoms with E-state index in [1.165, 1.54) is 7.11 Å². The molecule has 0 bridgehead atoms. The molecule has 0 spiro atoms. The highest BCUT2D eigenvalue weighted by molar-refractivity contribution is 6.30. The largest absolute Gasteiger partial charge is 0.467 e. The molecule has 0 unspecified atom stereocenters. The maximum absolute atomic E-state index is 12.8. The number of alkyl carbamates (subject to hydrolysis) is 1. The zero-order chi connectivity index (χ0) is 21.5. The lowest BCUT2D eigenvalue weighted by molar-refractivity contribution is -0.145. The Morgan fingerprint density at radius 2 is 1.64 bits per heavy atom. The van der Waals surface area contributed by atoms with Crippen LogP contribution in [0, 0.1) is 5.92 Å². The number of hydrogen-bond acceptors (Lipinski definition) is 5. The molecule has 0 aromatic heterocycles. The van der Waals surface area contributed by atoms with Crippen LogP contribution in [0.2, 0.25) is 5.02 Å². The van der Waals surface area contributed by atoms with Crippen molar-refractivity contribution < 1.29 is 23.9 Å². The first kappa shape index (κ1) is 23.8. The topological polar surface area (TPSA) is 93.7 Å². The van der Waals surface area contributed by atoms with Crippen molar-refractivity contribution in [3.05, 3.63) is 34.9 Å². The number of halogens is 1. The summed E-state index contributed by atoms with van der Waals surface area (Å²) in [6.45, 7) is 8.77. The van der Waals surface area contributed by atoms with E-state index in [1.807, 2.05) is 0 Å². The third-order valence-electron chi connectivity index (χ3n) is 3.78. The van der Waals surface area contributed by atoms with Crippen molar-refractivity contribution in [2.24, 2.45) is 5.92 Å². The zero-order valence-corrected chi connectivity index (χ0v) is 17.9. The summed E-state index contributed by atoms with van der Waals surface area (Å²) in [5.74, 6) is -1.30. The second kappa shape index (κ2) is 10.3. The molecule has 0 radical (unpaired) electrons. The van der Waals surface area contributed by atoms with Crippen molar-refractivity contribution in [3.8, 4) is 0 Å². The molecular weight excluding hydrogens is 384 g/mol. The minimum absolute atomic E-state index is 0.221. The second-order valence-corrected chi connectivity index (χ2v) is 8.22. The third-order valence-corrected chi connectivity index (χ3v) is 4.03. The quantitative estimate of drug-likeness (QED) is 0.671. The molecular formula is C20H29ClN2O5. The zero-order valence-electron chi connectivity index (χ0n) is 17.2. The van der Waals surface area contributed by atoms with Crippen LogP contribution in [-0.2, 0) is 25.5 Å². The Balaban J connectivity index is 2.88. The van der Waals surface area contributed by atoms with Crippen molar-refractivity contribution >= 4 is 29.6 Å². The molecule has 2 N–H and O–H groups in total. The van der Waals surface area contributed by atoms with Crippen LogP contribution >= 0.6 is 11.6 Å². The molecule has 0 aliphatic heterocycles. The maximum atomic E-state index is 12.8. The average molecular weight is 413 g/mol. The highest BCUT2D eigenvalue weighted by Gasteiger charge is 2.30. The van der Waals surface area contributed by atoms with Crippen molar-refractivity contribution in [2.75, 3.05) is 7.11 Å². The molecule has 1 aromatic rings. The van der Waals surface area contributed by atoms with Gasteiger partial charge >= 0.3 is 12.1 Å².